The van der Waals surface area contributed by atoms with Crippen molar-refractivity contribution >= 4 is 0 Å². The molecule has 0 saturated heterocycles. The number of aromatic amines is 1. The van der Waals surface area contributed by atoms with Crippen molar-refractivity contribution in [2.75, 3.05) is 0 Å². The van der Waals surface area contributed by atoms with E-state index in [2.05, 4.69) is 15.2 Å². The fourth-order valence-corrected chi connectivity index (χ4v) is 1.42. The van der Waals surface area contributed by atoms with E-state index in [0.29, 0.717) is 5.56 Å². The van der Waals surface area contributed by atoms with Gasteiger partial charge in [-0.3, -0.25) is 5.10 Å². The number of hydrogen-bond acceptors (Lipinski definition) is 4. The normalized spacial score (nSPS) is 11.6. The van der Waals surface area contributed by atoms with E-state index in [1.807, 2.05) is 0 Å². The molecular formula is C11H11F3N4O. The van der Waals surface area contributed by atoms with Gasteiger partial charge in [0.25, 0.3) is 0 Å². The topological polar surface area (TPSA) is 76.8 Å². The van der Waals surface area contributed by atoms with Gasteiger partial charge in [-0.25, -0.2) is 4.98 Å². The summed E-state index contributed by atoms with van der Waals surface area (Å²) in [6.07, 6.45) is -4.53. The number of nitrogens with two attached hydrogens (primary N) is 1. The van der Waals surface area contributed by atoms with Crippen molar-refractivity contribution in [3.8, 4) is 11.8 Å². The van der Waals surface area contributed by atoms with E-state index in [4.69, 9.17) is 10.5 Å². The summed E-state index contributed by atoms with van der Waals surface area (Å²) < 4.78 is 42.9. The standard InChI is InChI=1S/C11H11F3N4O/c1-6-4-9(18-17-6)19-10-7(5-15)2-3-8(16-10)11(12,13)14/h2-4H,5,15H2,1H3,(H,17,18). The summed E-state index contributed by atoms with van der Waals surface area (Å²) in [6.45, 7) is 1.76. The lowest BCUT2D eigenvalue weighted by atomic mass is 10.2. The molecule has 0 unspecified atom stereocenters. The molecule has 5 nitrogen and oxygen atoms in total. The fraction of sp³-hybridized carbons (Fsp3) is 0.273. The molecule has 0 aromatic carbocycles. The lowest BCUT2D eigenvalue weighted by molar-refractivity contribution is -0.141. The summed E-state index contributed by atoms with van der Waals surface area (Å²) in [5.41, 5.74) is 5.49. The predicted molar refractivity (Wildman–Crippen MR) is 60.5 cm³/mol. The molecular weight excluding hydrogens is 261 g/mol. The van der Waals surface area contributed by atoms with Gasteiger partial charge in [0, 0.05) is 23.9 Å². The molecule has 0 saturated carbocycles. The first-order valence-electron chi connectivity index (χ1n) is 5.37. The Morgan fingerprint density at radius 3 is 2.63 bits per heavy atom. The molecule has 0 aliphatic heterocycles. The minimum atomic E-state index is -4.53. The Labute approximate surface area is 106 Å². The second-order valence-electron chi connectivity index (χ2n) is 3.85. The molecule has 0 aliphatic carbocycles. The van der Waals surface area contributed by atoms with E-state index >= 15 is 0 Å². The third-order valence-corrected chi connectivity index (χ3v) is 2.33. The van der Waals surface area contributed by atoms with Crippen LogP contribution >= 0.6 is 0 Å². The lowest BCUT2D eigenvalue weighted by Gasteiger charge is -2.10. The predicted octanol–water partition coefficient (Wildman–Crippen LogP) is 2.38. The number of aryl methyl sites for hydroxylation is 1. The molecule has 0 aliphatic rings. The molecule has 0 fully saturated rings. The van der Waals surface area contributed by atoms with Gasteiger partial charge in [-0.15, -0.1) is 5.10 Å². The van der Waals surface area contributed by atoms with Crippen LogP contribution in [0.15, 0.2) is 18.2 Å². The highest BCUT2D eigenvalue weighted by molar-refractivity contribution is 5.32. The maximum absolute atomic E-state index is 12.6. The van der Waals surface area contributed by atoms with Gasteiger partial charge in [-0.2, -0.15) is 13.2 Å². The van der Waals surface area contributed by atoms with Gasteiger partial charge in [0.15, 0.2) is 0 Å². The van der Waals surface area contributed by atoms with Gasteiger partial charge in [-0.1, -0.05) is 6.07 Å². The number of H-pyrrole nitrogens is 1. The SMILES string of the molecule is Cc1cc(Oc2nc(C(F)(F)F)ccc2CN)n[nH]1. The first-order valence-corrected chi connectivity index (χ1v) is 5.37. The summed E-state index contributed by atoms with van der Waals surface area (Å²) in [5, 5.41) is 6.38. The number of nitrogens with zero attached hydrogens (tertiary/aromatic N) is 2. The largest absolute Gasteiger partial charge is 0.433 e. The van der Waals surface area contributed by atoms with Gasteiger partial charge >= 0.3 is 6.18 Å². The smallest absolute Gasteiger partial charge is 0.419 e. The Morgan fingerprint density at radius 2 is 2.11 bits per heavy atom. The van der Waals surface area contributed by atoms with E-state index in [9.17, 15) is 13.2 Å². The van der Waals surface area contributed by atoms with Crippen LogP contribution in [0.2, 0.25) is 0 Å². The molecule has 2 rings (SSSR count). The van der Waals surface area contributed by atoms with Crippen LogP contribution in [-0.2, 0) is 12.7 Å². The minimum absolute atomic E-state index is 0.0177. The first-order chi connectivity index (χ1) is 8.90. The number of hydrogen-bond donors (Lipinski definition) is 2. The zero-order chi connectivity index (χ0) is 14.0. The van der Waals surface area contributed by atoms with E-state index in [1.165, 1.54) is 6.07 Å². The average molecular weight is 272 g/mol. The Hall–Kier alpha value is -2.09. The third-order valence-electron chi connectivity index (χ3n) is 2.33. The molecule has 0 atom stereocenters. The summed E-state index contributed by atoms with van der Waals surface area (Å²) in [5.74, 6) is -0.0529. The number of rotatable bonds is 3. The lowest BCUT2D eigenvalue weighted by Crippen LogP contribution is -2.10. The maximum Gasteiger partial charge on any atom is 0.433 e. The molecule has 2 heterocycles. The zero-order valence-corrected chi connectivity index (χ0v) is 9.95. The van der Waals surface area contributed by atoms with Crippen LogP contribution in [0, 0.1) is 6.92 Å². The minimum Gasteiger partial charge on any atom is -0.419 e. The van der Waals surface area contributed by atoms with Crippen LogP contribution < -0.4 is 10.5 Å². The van der Waals surface area contributed by atoms with Crippen molar-refractivity contribution in [3.63, 3.8) is 0 Å². The number of aromatic nitrogens is 3. The second kappa shape index (κ2) is 4.88. The summed E-state index contributed by atoms with van der Waals surface area (Å²) in [6, 6.07) is 3.65. The third kappa shape index (κ3) is 3.02. The van der Waals surface area contributed by atoms with Crippen LogP contribution in [0.5, 0.6) is 11.8 Å². The highest BCUT2D eigenvalue weighted by Crippen LogP contribution is 2.31. The van der Waals surface area contributed by atoms with E-state index in [0.717, 1.165) is 11.8 Å². The number of ether oxygens (including phenoxy) is 1. The Bertz CT molecular complexity index is 580. The average Bonchev–Trinajstić information content (AvgIpc) is 2.73. The second-order valence-corrected chi connectivity index (χ2v) is 3.85. The molecule has 3 N–H and O–H groups in total. The summed E-state index contributed by atoms with van der Waals surface area (Å²) in [7, 11) is 0. The molecule has 19 heavy (non-hydrogen) atoms. The van der Waals surface area contributed by atoms with Crippen molar-refractivity contribution in [1.29, 1.82) is 0 Å². The molecule has 0 amide bonds. The van der Waals surface area contributed by atoms with Gasteiger partial charge < -0.3 is 10.5 Å². The van der Waals surface area contributed by atoms with Crippen molar-refractivity contribution < 1.29 is 17.9 Å². The number of pyridine rings is 1. The first kappa shape index (κ1) is 13.3. The number of nitrogens with one attached hydrogen (secondary N) is 1. The van der Waals surface area contributed by atoms with Gasteiger partial charge in [0.05, 0.1) is 0 Å². The highest BCUT2D eigenvalue weighted by atomic mass is 19.4. The fourth-order valence-electron chi connectivity index (χ4n) is 1.42. The molecule has 102 valence electrons. The van der Waals surface area contributed by atoms with Crippen LogP contribution in [0.25, 0.3) is 0 Å². The van der Waals surface area contributed by atoms with Crippen LogP contribution in [0.1, 0.15) is 17.0 Å². The molecule has 0 spiro atoms. The monoisotopic (exact) mass is 272 g/mol. The van der Waals surface area contributed by atoms with Gasteiger partial charge in [-0.05, 0) is 13.0 Å². The summed E-state index contributed by atoms with van der Waals surface area (Å²) in [4.78, 5) is 3.44. The Balaban J connectivity index is 2.36. The van der Waals surface area contributed by atoms with Gasteiger partial charge in [0.1, 0.15) is 5.69 Å². The number of halogens is 3. The van der Waals surface area contributed by atoms with Crippen LogP contribution in [0.3, 0.4) is 0 Å². The Morgan fingerprint density at radius 1 is 1.37 bits per heavy atom. The van der Waals surface area contributed by atoms with E-state index < -0.39 is 11.9 Å². The number of alkyl halides is 3. The Kier molecular flexibility index (Phi) is 3.43. The highest BCUT2D eigenvalue weighted by Gasteiger charge is 2.33. The molecule has 2 aromatic heterocycles. The molecule has 0 radical (unpaired) electrons. The van der Waals surface area contributed by atoms with Crippen LogP contribution in [0.4, 0.5) is 13.2 Å². The maximum atomic E-state index is 12.6. The van der Waals surface area contributed by atoms with Gasteiger partial charge in [0.2, 0.25) is 11.8 Å². The van der Waals surface area contributed by atoms with Crippen molar-refractivity contribution in [3.05, 3.63) is 35.2 Å². The van der Waals surface area contributed by atoms with Crippen molar-refractivity contribution in [2.45, 2.75) is 19.6 Å². The molecule has 0 bridgehead atoms. The van der Waals surface area contributed by atoms with E-state index in [1.54, 1.807) is 13.0 Å². The van der Waals surface area contributed by atoms with E-state index in [-0.39, 0.29) is 18.3 Å². The quantitative estimate of drug-likeness (QED) is 0.899. The molecule has 8 heteroatoms. The van der Waals surface area contributed by atoms with Crippen molar-refractivity contribution in [2.24, 2.45) is 5.73 Å². The van der Waals surface area contributed by atoms with Crippen molar-refractivity contribution in [1.82, 2.24) is 15.2 Å². The zero-order valence-electron chi connectivity index (χ0n) is 9.95. The van der Waals surface area contributed by atoms with Crippen LogP contribution in [-0.4, -0.2) is 15.2 Å². The summed E-state index contributed by atoms with van der Waals surface area (Å²) >= 11 is 0. The molecule has 2 aromatic rings.